The number of hydrogen-bond acceptors (Lipinski definition) is 3. The van der Waals surface area contributed by atoms with Gasteiger partial charge in [0, 0.05) is 12.1 Å². The molecule has 116 valence electrons. The minimum absolute atomic E-state index is 0.00548. The lowest BCUT2D eigenvalue weighted by Gasteiger charge is -2.30. The van der Waals surface area contributed by atoms with Gasteiger partial charge in [-0.3, -0.25) is 9.59 Å². The monoisotopic (exact) mass is 292 g/mol. The number of carbonyl (C=O) groups excluding carboxylic acids is 2. The SMILES string of the molecule is CC(C)N(C(=O)COc1ccc(CC(N)=O)cc1)C(C)C. The third kappa shape index (κ3) is 5.45. The summed E-state index contributed by atoms with van der Waals surface area (Å²) in [6.07, 6.45) is 0.202. The summed E-state index contributed by atoms with van der Waals surface area (Å²) >= 11 is 0. The summed E-state index contributed by atoms with van der Waals surface area (Å²) in [6.45, 7) is 7.94. The van der Waals surface area contributed by atoms with Gasteiger partial charge in [-0.1, -0.05) is 12.1 Å². The van der Waals surface area contributed by atoms with Crippen LogP contribution < -0.4 is 10.5 Å². The summed E-state index contributed by atoms with van der Waals surface area (Å²) in [6, 6.07) is 7.29. The molecule has 0 radical (unpaired) electrons. The zero-order chi connectivity index (χ0) is 16.0. The molecular formula is C16H24N2O3. The molecule has 1 rings (SSSR count). The Kier molecular flexibility index (Phi) is 6.21. The number of nitrogens with zero attached hydrogens (tertiary/aromatic N) is 1. The highest BCUT2D eigenvalue weighted by molar-refractivity contribution is 5.78. The van der Waals surface area contributed by atoms with Gasteiger partial charge in [0.1, 0.15) is 5.75 Å². The molecule has 0 heterocycles. The predicted molar refractivity (Wildman–Crippen MR) is 82.0 cm³/mol. The quantitative estimate of drug-likeness (QED) is 0.832. The molecule has 21 heavy (non-hydrogen) atoms. The molecule has 2 amide bonds. The van der Waals surface area contributed by atoms with Crippen molar-refractivity contribution in [2.45, 2.75) is 46.2 Å². The van der Waals surface area contributed by atoms with E-state index in [4.69, 9.17) is 10.5 Å². The van der Waals surface area contributed by atoms with Crippen LogP contribution in [0.2, 0.25) is 0 Å². The molecule has 0 aliphatic carbocycles. The summed E-state index contributed by atoms with van der Waals surface area (Å²) in [5.41, 5.74) is 5.96. The van der Waals surface area contributed by atoms with E-state index in [1.165, 1.54) is 0 Å². The smallest absolute Gasteiger partial charge is 0.260 e. The van der Waals surface area contributed by atoms with Crippen LogP contribution >= 0.6 is 0 Å². The van der Waals surface area contributed by atoms with Crippen LogP contribution in [0.3, 0.4) is 0 Å². The third-order valence-corrected chi connectivity index (χ3v) is 3.06. The van der Waals surface area contributed by atoms with E-state index in [9.17, 15) is 9.59 Å². The molecule has 5 nitrogen and oxygen atoms in total. The first kappa shape index (κ1) is 17.0. The van der Waals surface area contributed by atoms with Crippen molar-refractivity contribution in [2.24, 2.45) is 5.73 Å². The van der Waals surface area contributed by atoms with Gasteiger partial charge in [-0.15, -0.1) is 0 Å². The Hall–Kier alpha value is -2.04. The number of hydrogen-bond donors (Lipinski definition) is 1. The molecule has 0 saturated carbocycles. The van der Waals surface area contributed by atoms with Crippen LogP contribution in [0.25, 0.3) is 0 Å². The fourth-order valence-electron chi connectivity index (χ4n) is 2.30. The maximum Gasteiger partial charge on any atom is 0.260 e. The molecule has 0 aliphatic heterocycles. The van der Waals surface area contributed by atoms with E-state index in [0.717, 1.165) is 5.56 Å². The highest BCUT2D eigenvalue weighted by Gasteiger charge is 2.20. The number of ether oxygens (including phenoxy) is 1. The predicted octanol–water partition coefficient (Wildman–Crippen LogP) is 1.74. The number of nitrogens with two attached hydrogens (primary N) is 1. The summed E-state index contributed by atoms with van der Waals surface area (Å²) in [7, 11) is 0. The van der Waals surface area contributed by atoms with Crippen LogP contribution in [0, 0.1) is 0 Å². The summed E-state index contributed by atoms with van der Waals surface area (Å²) in [4.78, 5) is 24.8. The Morgan fingerprint density at radius 2 is 1.62 bits per heavy atom. The number of amides is 2. The standard InChI is InChI=1S/C16H24N2O3/c1-11(2)18(12(3)4)16(20)10-21-14-7-5-13(6-8-14)9-15(17)19/h5-8,11-12H,9-10H2,1-4H3,(H2,17,19). The minimum Gasteiger partial charge on any atom is -0.484 e. The zero-order valence-corrected chi connectivity index (χ0v) is 13.1. The average Bonchev–Trinajstić information content (AvgIpc) is 2.36. The Bertz CT molecular complexity index is 473. The number of benzene rings is 1. The maximum atomic E-state index is 12.2. The van der Waals surface area contributed by atoms with Crippen molar-refractivity contribution in [3.8, 4) is 5.75 Å². The first-order valence-electron chi connectivity index (χ1n) is 7.12. The molecule has 5 heteroatoms. The Balaban J connectivity index is 2.58. The lowest BCUT2D eigenvalue weighted by Crippen LogP contribution is -2.44. The van der Waals surface area contributed by atoms with Crippen LogP contribution in [0.4, 0.5) is 0 Å². The van der Waals surface area contributed by atoms with E-state index in [1.807, 2.05) is 27.7 Å². The highest BCUT2D eigenvalue weighted by Crippen LogP contribution is 2.13. The molecule has 0 spiro atoms. The van der Waals surface area contributed by atoms with Gasteiger partial charge in [0.2, 0.25) is 5.91 Å². The summed E-state index contributed by atoms with van der Waals surface area (Å²) < 4.78 is 5.50. The molecule has 0 aliphatic rings. The van der Waals surface area contributed by atoms with Gasteiger partial charge in [0.15, 0.2) is 6.61 Å². The summed E-state index contributed by atoms with van der Waals surface area (Å²) in [5, 5.41) is 0. The van der Waals surface area contributed by atoms with E-state index >= 15 is 0 Å². The lowest BCUT2D eigenvalue weighted by molar-refractivity contribution is -0.137. The Morgan fingerprint density at radius 1 is 1.10 bits per heavy atom. The molecule has 2 N–H and O–H groups in total. The molecule has 0 unspecified atom stereocenters. The summed E-state index contributed by atoms with van der Waals surface area (Å²) in [5.74, 6) is 0.189. The van der Waals surface area contributed by atoms with E-state index in [1.54, 1.807) is 29.2 Å². The van der Waals surface area contributed by atoms with Gasteiger partial charge in [0.25, 0.3) is 5.91 Å². The van der Waals surface area contributed by atoms with Gasteiger partial charge in [-0.2, -0.15) is 0 Å². The van der Waals surface area contributed by atoms with Crippen molar-refractivity contribution in [1.82, 2.24) is 4.90 Å². The molecule has 0 bridgehead atoms. The fraction of sp³-hybridized carbons (Fsp3) is 0.500. The van der Waals surface area contributed by atoms with E-state index in [0.29, 0.717) is 5.75 Å². The second-order valence-corrected chi connectivity index (χ2v) is 5.56. The largest absolute Gasteiger partial charge is 0.484 e. The van der Waals surface area contributed by atoms with Crippen molar-refractivity contribution in [3.05, 3.63) is 29.8 Å². The molecule has 0 fully saturated rings. The van der Waals surface area contributed by atoms with Crippen molar-refractivity contribution in [3.63, 3.8) is 0 Å². The highest BCUT2D eigenvalue weighted by atomic mass is 16.5. The zero-order valence-electron chi connectivity index (χ0n) is 13.1. The maximum absolute atomic E-state index is 12.2. The van der Waals surface area contributed by atoms with Gasteiger partial charge in [-0.25, -0.2) is 0 Å². The second-order valence-electron chi connectivity index (χ2n) is 5.56. The Morgan fingerprint density at radius 3 is 2.05 bits per heavy atom. The average molecular weight is 292 g/mol. The van der Waals surface area contributed by atoms with Gasteiger partial charge in [-0.05, 0) is 45.4 Å². The minimum atomic E-state index is -0.372. The van der Waals surface area contributed by atoms with Crippen LogP contribution in [0.15, 0.2) is 24.3 Å². The van der Waals surface area contributed by atoms with Crippen molar-refractivity contribution >= 4 is 11.8 Å². The molecule has 0 atom stereocenters. The second kappa shape index (κ2) is 7.67. The van der Waals surface area contributed by atoms with E-state index in [-0.39, 0.29) is 36.9 Å². The van der Waals surface area contributed by atoms with Crippen LogP contribution in [-0.4, -0.2) is 35.4 Å². The fourth-order valence-corrected chi connectivity index (χ4v) is 2.30. The third-order valence-electron chi connectivity index (χ3n) is 3.06. The normalized spacial score (nSPS) is 10.8. The van der Waals surface area contributed by atoms with Crippen LogP contribution in [0.5, 0.6) is 5.75 Å². The Labute approximate surface area is 126 Å². The number of rotatable bonds is 7. The molecule has 0 saturated heterocycles. The molecule has 1 aromatic rings. The molecule has 1 aromatic carbocycles. The van der Waals surface area contributed by atoms with E-state index < -0.39 is 0 Å². The number of primary amides is 1. The van der Waals surface area contributed by atoms with Crippen molar-refractivity contribution in [2.75, 3.05) is 6.61 Å². The molecule has 0 aromatic heterocycles. The van der Waals surface area contributed by atoms with E-state index in [2.05, 4.69) is 0 Å². The van der Waals surface area contributed by atoms with Gasteiger partial charge < -0.3 is 15.4 Å². The van der Waals surface area contributed by atoms with Gasteiger partial charge >= 0.3 is 0 Å². The van der Waals surface area contributed by atoms with Crippen molar-refractivity contribution < 1.29 is 14.3 Å². The number of carbonyl (C=O) groups is 2. The van der Waals surface area contributed by atoms with Crippen LogP contribution in [-0.2, 0) is 16.0 Å². The first-order chi connectivity index (χ1) is 9.81. The topological polar surface area (TPSA) is 72.6 Å². The molecular weight excluding hydrogens is 268 g/mol. The first-order valence-corrected chi connectivity index (χ1v) is 7.12. The van der Waals surface area contributed by atoms with Crippen molar-refractivity contribution in [1.29, 1.82) is 0 Å². The van der Waals surface area contributed by atoms with Gasteiger partial charge in [0.05, 0.1) is 6.42 Å². The lowest BCUT2D eigenvalue weighted by atomic mass is 10.1. The van der Waals surface area contributed by atoms with Crippen LogP contribution in [0.1, 0.15) is 33.3 Å².